The fraction of sp³-hybridized carbons (Fsp3) is 0.118. The Morgan fingerprint density at radius 1 is 1.04 bits per heavy atom. The van der Waals surface area contributed by atoms with Crippen LogP contribution in [0.15, 0.2) is 42.5 Å². The summed E-state index contributed by atoms with van der Waals surface area (Å²) in [5, 5.41) is 0.145. The number of rotatable bonds is 2. The molecule has 0 aliphatic rings. The number of aromatic nitrogens is 1. The summed E-state index contributed by atoms with van der Waals surface area (Å²) in [7, 11) is 0. The molecule has 0 atom stereocenters. The average molecular weight is 336 g/mol. The summed E-state index contributed by atoms with van der Waals surface area (Å²) in [5.74, 6) is -0.745. The van der Waals surface area contributed by atoms with E-state index in [0.717, 1.165) is 12.1 Å². The van der Waals surface area contributed by atoms with Gasteiger partial charge in [0.15, 0.2) is 11.6 Å². The number of aryl methyl sites for hydroxylation is 1. The lowest BCUT2D eigenvalue weighted by Crippen LogP contribution is -2.07. The van der Waals surface area contributed by atoms with E-state index >= 15 is 0 Å². The molecule has 0 radical (unpaired) electrons. The molecule has 3 rings (SSSR count). The Morgan fingerprint density at radius 3 is 2.46 bits per heavy atom. The average Bonchev–Trinajstić information content (AvgIpc) is 2.48. The Hall–Kier alpha value is -2.83. The second kappa shape index (κ2) is 5.67. The van der Waals surface area contributed by atoms with Gasteiger partial charge in [0.05, 0.1) is 11.1 Å². The highest BCUT2D eigenvalue weighted by Gasteiger charge is 2.33. The van der Waals surface area contributed by atoms with Gasteiger partial charge in [-0.25, -0.2) is 4.39 Å². The van der Waals surface area contributed by atoms with Gasteiger partial charge in [0.2, 0.25) is 0 Å². The zero-order valence-corrected chi connectivity index (χ0v) is 12.5. The van der Waals surface area contributed by atoms with Crippen LogP contribution in [0, 0.1) is 12.7 Å². The minimum atomic E-state index is -4.55. The van der Waals surface area contributed by atoms with Gasteiger partial charge in [0.1, 0.15) is 5.75 Å². The maximum absolute atomic E-state index is 13.9. The Labute approximate surface area is 134 Å². The highest BCUT2D eigenvalue weighted by molar-refractivity contribution is 5.88. The van der Waals surface area contributed by atoms with Crippen molar-refractivity contribution in [1.82, 2.24) is 4.98 Å². The number of para-hydroxylation sites is 1. The van der Waals surface area contributed by atoms with Crippen LogP contribution in [0.2, 0.25) is 0 Å². The standard InChI is InChI=1S/C17H12F4N2O/c1-9-7-15(24-14-6-5-10(22)8-13(14)18)11-3-2-4-12(16(11)23-9)17(19,20)21/h2-8H,22H2,1H3. The molecule has 3 nitrogen and oxygen atoms in total. The van der Waals surface area contributed by atoms with Crippen LogP contribution in [-0.4, -0.2) is 4.98 Å². The number of halogens is 4. The van der Waals surface area contributed by atoms with Crippen LogP contribution in [0.3, 0.4) is 0 Å². The first kappa shape index (κ1) is 16.0. The minimum Gasteiger partial charge on any atom is -0.454 e. The van der Waals surface area contributed by atoms with Gasteiger partial charge in [-0.15, -0.1) is 0 Å². The first-order valence-corrected chi connectivity index (χ1v) is 6.96. The lowest BCUT2D eigenvalue weighted by molar-refractivity contribution is -0.136. The molecule has 124 valence electrons. The van der Waals surface area contributed by atoms with Gasteiger partial charge in [-0.3, -0.25) is 4.98 Å². The van der Waals surface area contributed by atoms with Crippen LogP contribution >= 0.6 is 0 Å². The van der Waals surface area contributed by atoms with Gasteiger partial charge >= 0.3 is 6.18 Å². The summed E-state index contributed by atoms with van der Waals surface area (Å²) in [6.45, 7) is 1.54. The predicted octanol–water partition coefficient (Wildman–Crippen LogP) is 5.08. The van der Waals surface area contributed by atoms with Crippen LogP contribution in [0.1, 0.15) is 11.3 Å². The van der Waals surface area contributed by atoms with Crippen molar-refractivity contribution in [2.75, 3.05) is 5.73 Å². The summed E-state index contributed by atoms with van der Waals surface area (Å²) in [6.07, 6.45) is -4.55. The molecule has 24 heavy (non-hydrogen) atoms. The van der Waals surface area contributed by atoms with E-state index < -0.39 is 17.6 Å². The summed E-state index contributed by atoms with van der Waals surface area (Å²) >= 11 is 0. The number of benzene rings is 2. The number of anilines is 1. The number of ether oxygens (including phenoxy) is 1. The second-order valence-electron chi connectivity index (χ2n) is 5.25. The molecule has 0 saturated carbocycles. The van der Waals surface area contributed by atoms with Crippen molar-refractivity contribution in [3.63, 3.8) is 0 Å². The van der Waals surface area contributed by atoms with Gasteiger partial charge in [0, 0.05) is 28.9 Å². The van der Waals surface area contributed by atoms with Crippen LogP contribution in [-0.2, 0) is 6.18 Å². The number of nitrogens with two attached hydrogens (primary N) is 1. The highest BCUT2D eigenvalue weighted by Crippen LogP contribution is 2.38. The van der Waals surface area contributed by atoms with Crippen molar-refractivity contribution in [2.45, 2.75) is 13.1 Å². The largest absolute Gasteiger partial charge is 0.454 e. The van der Waals surface area contributed by atoms with E-state index in [1.54, 1.807) is 6.92 Å². The zero-order valence-electron chi connectivity index (χ0n) is 12.5. The summed E-state index contributed by atoms with van der Waals surface area (Å²) in [6, 6.07) is 8.94. The lowest BCUT2D eigenvalue weighted by atomic mass is 10.1. The molecule has 0 bridgehead atoms. The number of nitrogens with zero attached hydrogens (tertiary/aromatic N) is 1. The molecule has 1 aromatic heterocycles. The molecular formula is C17H12F4N2O. The van der Waals surface area contributed by atoms with Crippen molar-refractivity contribution in [3.05, 3.63) is 59.5 Å². The molecule has 3 aromatic rings. The first-order chi connectivity index (χ1) is 11.3. The predicted molar refractivity (Wildman–Crippen MR) is 82.4 cm³/mol. The van der Waals surface area contributed by atoms with Gasteiger partial charge < -0.3 is 10.5 Å². The summed E-state index contributed by atoms with van der Waals surface area (Å²) in [4.78, 5) is 3.97. The van der Waals surface area contributed by atoms with Crippen molar-refractivity contribution < 1.29 is 22.3 Å². The molecule has 0 aliphatic carbocycles. The molecule has 0 saturated heterocycles. The third-order valence-electron chi connectivity index (χ3n) is 3.41. The lowest BCUT2D eigenvalue weighted by Gasteiger charge is -2.14. The normalized spacial score (nSPS) is 11.7. The van der Waals surface area contributed by atoms with Gasteiger partial charge in [-0.05, 0) is 31.2 Å². The molecule has 0 fully saturated rings. The molecule has 0 amide bonds. The van der Waals surface area contributed by atoms with Crippen molar-refractivity contribution >= 4 is 16.6 Å². The van der Waals surface area contributed by atoms with Gasteiger partial charge in [-0.1, -0.05) is 6.07 Å². The van der Waals surface area contributed by atoms with Crippen LogP contribution in [0.4, 0.5) is 23.2 Å². The van der Waals surface area contributed by atoms with E-state index in [4.69, 9.17) is 10.5 Å². The number of alkyl halides is 3. The highest BCUT2D eigenvalue weighted by atomic mass is 19.4. The molecule has 7 heteroatoms. The van der Waals surface area contributed by atoms with E-state index in [1.807, 2.05) is 0 Å². The third-order valence-corrected chi connectivity index (χ3v) is 3.41. The number of fused-ring (bicyclic) bond motifs is 1. The van der Waals surface area contributed by atoms with Crippen molar-refractivity contribution in [3.8, 4) is 11.5 Å². The summed E-state index contributed by atoms with van der Waals surface area (Å²) in [5.41, 5.74) is 4.91. The maximum atomic E-state index is 13.9. The smallest absolute Gasteiger partial charge is 0.418 e. The van der Waals surface area contributed by atoms with Gasteiger partial charge in [-0.2, -0.15) is 13.2 Å². The number of nitrogen functional groups attached to an aromatic ring is 1. The molecule has 1 heterocycles. The van der Waals surface area contributed by atoms with Crippen molar-refractivity contribution in [2.24, 2.45) is 0 Å². The number of hydrogen-bond donors (Lipinski definition) is 1. The minimum absolute atomic E-state index is 0.0901. The van der Waals surface area contributed by atoms with Crippen LogP contribution in [0.5, 0.6) is 11.5 Å². The number of hydrogen-bond acceptors (Lipinski definition) is 3. The fourth-order valence-corrected chi connectivity index (χ4v) is 2.37. The Balaban J connectivity index is 2.18. The third kappa shape index (κ3) is 2.97. The fourth-order valence-electron chi connectivity index (χ4n) is 2.37. The quantitative estimate of drug-likeness (QED) is 0.525. The molecule has 0 unspecified atom stereocenters. The SMILES string of the molecule is Cc1cc(Oc2ccc(N)cc2F)c2cccc(C(F)(F)F)c2n1. The summed E-state index contributed by atoms with van der Waals surface area (Å²) < 4.78 is 58.9. The van der Waals surface area contributed by atoms with Crippen LogP contribution < -0.4 is 10.5 Å². The van der Waals surface area contributed by atoms with E-state index in [9.17, 15) is 17.6 Å². The molecule has 0 aliphatic heterocycles. The van der Waals surface area contributed by atoms with E-state index in [-0.39, 0.29) is 28.1 Å². The maximum Gasteiger partial charge on any atom is 0.418 e. The topological polar surface area (TPSA) is 48.1 Å². The zero-order chi connectivity index (χ0) is 17.5. The Bertz CT molecular complexity index is 922. The first-order valence-electron chi connectivity index (χ1n) is 6.96. The molecular weight excluding hydrogens is 324 g/mol. The van der Waals surface area contributed by atoms with E-state index in [1.165, 1.54) is 30.3 Å². The Kier molecular flexibility index (Phi) is 3.79. The monoisotopic (exact) mass is 336 g/mol. The van der Waals surface area contributed by atoms with E-state index in [2.05, 4.69) is 4.98 Å². The molecule has 2 aromatic carbocycles. The Morgan fingerprint density at radius 2 is 1.79 bits per heavy atom. The van der Waals surface area contributed by atoms with Crippen molar-refractivity contribution in [1.29, 1.82) is 0 Å². The van der Waals surface area contributed by atoms with E-state index in [0.29, 0.717) is 5.69 Å². The molecule has 2 N–H and O–H groups in total. The second-order valence-corrected chi connectivity index (χ2v) is 5.25. The number of pyridine rings is 1. The van der Waals surface area contributed by atoms with Crippen LogP contribution in [0.25, 0.3) is 10.9 Å². The van der Waals surface area contributed by atoms with Gasteiger partial charge in [0.25, 0.3) is 0 Å². The molecule has 0 spiro atoms.